The Balaban J connectivity index is 1.75. The lowest BCUT2D eigenvalue weighted by Crippen LogP contribution is -2.40. The van der Waals surface area contributed by atoms with Gasteiger partial charge in [-0.05, 0) is 44.6 Å². The second kappa shape index (κ2) is 7.56. The molecule has 3 rings (SSSR count). The average molecular weight is 362 g/mol. The van der Waals surface area contributed by atoms with Crippen LogP contribution in [-0.2, 0) is 9.59 Å². The van der Waals surface area contributed by atoms with Crippen molar-refractivity contribution >= 4 is 17.5 Å². The van der Waals surface area contributed by atoms with Gasteiger partial charge in [0, 0.05) is 25.1 Å². The van der Waals surface area contributed by atoms with Gasteiger partial charge in [0.1, 0.15) is 0 Å². The van der Waals surface area contributed by atoms with E-state index in [1.54, 1.807) is 6.07 Å². The molecule has 2 aliphatic heterocycles. The summed E-state index contributed by atoms with van der Waals surface area (Å²) in [5.41, 5.74) is 1.41. The fourth-order valence-electron chi connectivity index (χ4n) is 3.93. The SMILES string of the molecule is C=C(C)CC1CCN(c2ccc(C3CCC(=O)NC3=O)c(F)c2F)CC1. The van der Waals surface area contributed by atoms with E-state index in [1.807, 2.05) is 11.8 Å². The fourth-order valence-corrected chi connectivity index (χ4v) is 3.93. The smallest absolute Gasteiger partial charge is 0.234 e. The van der Waals surface area contributed by atoms with Gasteiger partial charge in [-0.1, -0.05) is 11.6 Å². The summed E-state index contributed by atoms with van der Waals surface area (Å²) in [7, 11) is 0. The van der Waals surface area contributed by atoms with Gasteiger partial charge >= 0.3 is 0 Å². The number of amides is 2. The molecule has 6 heteroatoms. The van der Waals surface area contributed by atoms with Crippen LogP contribution in [0.2, 0.25) is 0 Å². The molecule has 0 saturated carbocycles. The summed E-state index contributed by atoms with van der Waals surface area (Å²) in [4.78, 5) is 25.0. The summed E-state index contributed by atoms with van der Waals surface area (Å²) in [5.74, 6) is -3.11. The Bertz CT molecular complexity index is 740. The zero-order valence-electron chi connectivity index (χ0n) is 15.0. The van der Waals surface area contributed by atoms with Crippen LogP contribution in [0.1, 0.15) is 50.5 Å². The molecule has 1 unspecified atom stereocenters. The Kier molecular flexibility index (Phi) is 5.39. The predicted octanol–water partition coefficient (Wildman–Crippen LogP) is 3.67. The first kappa shape index (κ1) is 18.5. The summed E-state index contributed by atoms with van der Waals surface area (Å²) >= 11 is 0. The van der Waals surface area contributed by atoms with Crippen molar-refractivity contribution in [3.8, 4) is 0 Å². The average Bonchev–Trinajstić information content (AvgIpc) is 2.58. The summed E-state index contributed by atoms with van der Waals surface area (Å²) in [6.45, 7) is 7.29. The second-order valence-electron chi connectivity index (χ2n) is 7.40. The molecule has 0 spiro atoms. The summed E-state index contributed by atoms with van der Waals surface area (Å²) in [6, 6.07) is 3.03. The number of imide groups is 1. The molecule has 26 heavy (non-hydrogen) atoms. The minimum atomic E-state index is -0.985. The van der Waals surface area contributed by atoms with Crippen LogP contribution >= 0.6 is 0 Å². The number of nitrogens with one attached hydrogen (secondary N) is 1. The highest BCUT2D eigenvalue weighted by Gasteiger charge is 2.32. The molecule has 2 aliphatic rings. The van der Waals surface area contributed by atoms with Gasteiger partial charge < -0.3 is 4.90 Å². The largest absolute Gasteiger partial charge is 0.369 e. The first-order chi connectivity index (χ1) is 12.4. The van der Waals surface area contributed by atoms with Crippen molar-refractivity contribution in [1.29, 1.82) is 0 Å². The summed E-state index contributed by atoms with van der Waals surface area (Å²) in [6.07, 6.45) is 3.15. The molecule has 2 fully saturated rings. The molecular weight excluding hydrogens is 338 g/mol. The maximum Gasteiger partial charge on any atom is 0.234 e. The number of halogens is 2. The third-order valence-corrected chi connectivity index (χ3v) is 5.30. The number of nitrogens with zero attached hydrogens (tertiary/aromatic N) is 1. The van der Waals surface area contributed by atoms with Gasteiger partial charge in [-0.25, -0.2) is 8.78 Å². The van der Waals surface area contributed by atoms with Gasteiger partial charge in [-0.2, -0.15) is 0 Å². The van der Waals surface area contributed by atoms with Crippen LogP contribution in [-0.4, -0.2) is 24.9 Å². The van der Waals surface area contributed by atoms with E-state index in [9.17, 15) is 18.4 Å². The molecule has 140 valence electrons. The number of benzene rings is 1. The van der Waals surface area contributed by atoms with Crippen molar-refractivity contribution in [2.45, 2.75) is 44.9 Å². The van der Waals surface area contributed by atoms with Gasteiger partial charge in [0.15, 0.2) is 11.6 Å². The number of carbonyl (C=O) groups is 2. The molecule has 1 atom stereocenters. The Morgan fingerprint density at radius 3 is 2.50 bits per heavy atom. The molecule has 0 aromatic heterocycles. The van der Waals surface area contributed by atoms with Crippen LogP contribution in [0.25, 0.3) is 0 Å². The highest BCUT2D eigenvalue weighted by atomic mass is 19.2. The highest BCUT2D eigenvalue weighted by molar-refractivity contribution is 6.01. The predicted molar refractivity (Wildman–Crippen MR) is 95.9 cm³/mol. The number of carbonyl (C=O) groups excluding carboxylic acids is 2. The van der Waals surface area contributed by atoms with E-state index in [0.717, 1.165) is 24.8 Å². The lowest BCUT2D eigenvalue weighted by Gasteiger charge is -2.34. The third-order valence-electron chi connectivity index (χ3n) is 5.30. The Morgan fingerprint density at radius 1 is 1.19 bits per heavy atom. The standard InChI is InChI=1S/C20H24F2N2O2/c1-12(2)11-13-7-9-24(10-8-13)16-5-3-14(18(21)19(16)22)15-4-6-17(25)23-20(15)26/h3,5,13,15H,1,4,6-11H2,2H3,(H,23,25,26). The molecular formula is C20H24F2N2O2. The first-order valence-corrected chi connectivity index (χ1v) is 9.07. The van der Waals surface area contributed by atoms with E-state index in [0.29, 0.717) is 19.0 Å². The molecule has 1 N–H and O–H groups in total. The van der Waals surface area contributed by atoms with Crippen LogP contribution in [0.5, 0.6) is 0 Å². The number of hydrogen-bond acceptors (Lipinski definition) is 3. The van der Waals surface area contributed by atoms with Crippen LogP contribution in [0, 0.1) is 17.6 Å². The number of anilines is 1. The van der Waals surface area contributed by atoms with Gasteiger partial charge in [0.2, 0.25) is 11.8 Å². The van der Waals surface area contributed by atoms with E-state index >= 15 is 0 Å². The Labute approximate surface area is 152 Å². The zero-order valence-corrected chi connectivity index (χ0v) is 15.0. The molecule has 0 aliphatic carbocycles. The zero-order chi connectivity index (χ0) is 18.8. The number of piperidine rings is 2. The van der Waals surface area contributed by atoms with Crippen molar-refractivity contribution in [3.05, 3.63) is 41.5 Å². The topological polar surface area (TPSA) is 49.4 Å². The summed E-state index contributed by atoms with van der Waals surface area (Å²) < 4.78 is 29.3. The molecule has 0 radical (unpaired) electrons. The molecule has 0 bridgehead atoms. The molecule has 2 saturated heterocycles. The normalized spacial score (nSPS) is 21.7. The second-order valence-corrected chi connectivity index (χ2v) is 7.40. The van der Waals surface area contributed by atoms with Gasteiger partial charge in [-0.15, -0.1) is 6.58 Å². The number of rotatable bonds is 4. The quantitative estimate of drug-likeness (QED) is 0.657. The van der Waals surface area contributed by atoms with E-state index in [-0.39, 0.29) is 30.0 Å². The van der Waals surface area contributed by atoms with Crippen molar-refractivity contribution in [2.24, 2.45) is 5.92 Å². The van der Waals surface area contributed by atoms with E-state index in [1.165, 1.54) is 6.07 Å². The fraction of sp³-hybridized carbons (Fsp3) is 0.500. The van der Waals surface area contributed by atoms with E-state index in [4.69, 9.17) is 0 Å². The Morgan fingerprint density at radius 2 is 1.88 bits per heavy atom. The Hall–Kier alpha value is -2.24. The van der Waals surface area contributed by atoms with Gasteiger partial charge in [-0.3, -0.25) is 14.9 Å². The van der Waals surface area contributed by atoms with Crippen molar-refractivity contribution in [3.63, 3.8) is 0 Å². The van der Waals surface area contributed by atoms with Crippen molar-refractivity contribution < 1.29 is 18.4 Å². The lowest BCUT2D eigenvalue weighted by molar-refractivity contribution is -0.134. The molecule has 1 aromatic carbocycles. The minimum absolute atomic E-state index is 0.0217. The monoisotopic (exact) mass is 362 g/mol. The van der Waals surface area contributed by atoms with E-state index in [2.05, 4.69) is 11.9 Å². The highest BCUT2D eigenvalue weighted by Crippen LogP contribution is 2.34. The van der Waals surface area contributed by atoms with Crippen LogP contribution in [0.4, 0.5) is 14.5 Å². The van der Waals surface area contributed by atoms with Crippen LogP contribution in [0.15, 0.2) is 24.3 Å². The first-order valence-electron chi connectivity index (χ1n) is 9.07. The van der Waals surface area contributed by atoms with Crippen molar-refractivity contribution in [2.75, 3.05) is 18.0 Å². The molecule has 2 heterocycles. The maximum atomic E-state index is 14.7. The van der Waals surface area contributed by atoms with E-state index < -0.39 is 23.5 Å². The van der Waals surface area contributed by atoms with Gasteiger partial charge in [0.05, 0.1) is 11.6 Å². The summed E-state index contributed by atoms with van der Waals surface area (Å²) in [5, 5.41) is 2.19. The number of allylic oxidation sites excluding steroid dienone is 1. The molecule has 2 amide bonds. The van der Waals surface area contributed by atoms with Crippen molar-refractivity contribution in [1.82, 2.24) is 5.32 Å². The third kappa shape index (κ3) is 3.79. The molecule has 1 aromatic rings. The lowest BCUT2D eigenvalue weighted by atomic mass is 9.89. The maximum absolute atomic E-state index is 14.7. The minimum Gasteiger partial charge on any atom is -0.369 e. The van der Waals surface area contributed by atoms with Crippen LogP contribution in [0.3, 0.4) is 0 Å². The molecule has 4 nitrogen and oxygen atoms in total. The van der Waals surface area contributed by atoms with Gasteiger partial charge in [0.25, 0.3) is 0 Å². The van der Waals surface area contributed by atoms with Crippen LogP contribution < -0.4 is 10.2 Å². The number of hydrogen-bond donors (Lipinski definition) is 1.